The number of nitrogens with zero attached hydrogens (tertiary/aromatic N) is 2. The number of benzene rings is 1. The van der Waals surface area contributed by atoms with E-state index < -0.39 is 0 Å². The van der Waals surface area contributed by atoms with Gasteiger partial charge in [-0.3, -0.25) is 9.59 Å². The summed E-state index contributed by atoms with van der Waals surface area (Å²) in [7, 11) is 0. The van der Waals surface area contributed by atoms with Crippen molar-refractivity contribution in [3.8, 4) is 11.4 Å². The van der Waals surface area contributed by atoms with Crippen molar-refractivity contribution >= 4 is 5.91 Å². The van der Waals surface area contributed by atoms with Crippen LogP contribution >= 0.6 is 0 Å². The van der Waals surface area contributed by atoms with Gasteiger partial charge in [0.15, 0.2) is 0 Å². The topological polar surface area (TPSA) is 66.1 Å². The Morgan fingerprint density at radius 3 is 2.58 bits per heavy atom. The fourth-order valence-corrected chi connectivity index (χ4v) is 4.34. The molecule has 0 unspecified atom stereocenters. The summed E-state index contributed by atoms with van der Waals surface area (Å²) in [5.41, 5.74) is 2.48. The maximum atomic E-state index is 12.8. The molecule has 2 aliphatic heterocycles. The molecule has 26 heavy (non-hydrogen) atoms. The second-order valence-corrected chi connectivity index (χ2v) is 7.90. The van der Waals surface area contributed by atoms with E-state index in [1.54, 1.807) is 0 Å². The van der Waals surface area contributed by atoms with Gasteiger partial charge >= 0.3 is 0 Å². The molecule has 1 fully saturated rings. The molecule has 5 heteroatoms. The van der Waals surface area contributed by atoms with Gasteiger partial charge in [0.1, 0.15) is 5.82 Å². The summed E-state index contributed by atoms with van der Waals surface area (Å²) in [6, 6.07) is 10.0. The smallest absolute Gasteiger partial charge is 0.254 e. The Balaban J connectivity index is 1.69. The van der Waals surface area contributed by atoms with E-state index in [2.05, 4.69) is 23.7 Å². The molecule has 2 atom stereocenters. The molecular weight excluding hydrogens is 326 g/mol. The standard InChI is InChI=1S/C21H25N3O2/c1-13(2)10-19(25)24-15-8-9-16(24)12-18-17(11-15)21(26)23-20(22-18)14-6-4-3-5-7-14/h3-7,13,15-16H,8-12H2,1-2H3,(H,22,23,26)/t15-,16+/m1/s1. The first kappa shape index (κ1) is 17.0. The summed E-state index contributed by atoms with van der Waals surface area (Å²) in [5.74, 6) is 1.19. The largest absolute Gasteiger partial charge is 0.336 e. The van der Waals surface area contributed by atoms with Gasteiger partial charge in [-0.2, -0.15) is 0 Å². The van der Waals surface area contributed by atoms with Crippen molar-refractivity contribution in [1.82, 2.24) is 14.9 Å². The normalized spacial score (nSPS) is 21.6. The SMILES string of the molecule is CC(C)CC(=O)N1[C@@H]2CC[C@H]1Cc1nc(-c3ccccc3)[nH]c(=O)c1C2. The van der Waals surface area contributed by atoms with E-state index in [1.165, 1.54) is 0 Å². The third kappa shape index (κ3) is 3.06. The van der Waals surface area contributed by atoms with Crippen LogP contribution in [0.15, 0.2) is 35.1 Å². The van der Waals surface area contributed by atoms with Crippen molar-refractivity contribution in [2.75, 3.05) is 0 Å². The number of aromatic amines is 1. The Hall–Kier alpha value is -2.43. The van der Waals surface area contributed by atoms with Crippen LogP contribution in [-0.4, -0.2) is 32.9 Å². The van der Waals surface area contributed by atoms with E-state index in [0.29, 0.717) is 31.0 Å². The number of H-pyrrole nitrogens is 1. The lowest BCUT2D eigenvalue weighted by atomic mass is 9.98. The van der Waals surface area contributed by atoms with Gasteiger partial charge in [0, 0.05) is 42.5 Å². The molecule has 0 saturated carbocycles. The van der Waals surface area contributed by atoms with Crippen molar-refractivity contribution in [3.63, 3.8) is 0 Å². The Labute approximate surface area is 153 Å². The Bertz CT molecular complexity index is 873. The van der Waals surface area contributed by atoms with Crippen LogP contribution in [0.25, 0.3) is 11.4 Å². The summed E-state index contributed by atoms with van der Waals surface area (Å²) in [6.45, 7) is 4.15. The highest BCUT2D eigenvalue weighted by molar-refractivity contribution is 5.77. The fourth-order valence-electron chi connectivity index (χ4n) is 4.34. The van der Waals surface area contributed by atoms with Crippen LogP contribution in [-0.2, 0) is 17.6 Å². The minimum atomic E-state index is -0.0577. The van der Waals surface area contributed by atoms with Crippen LogP contribution in [0.5, 0.6) is 0 Å². The van der Waals surface area contributed by atoms with E-state index in [1.807, 2.05) is 30.3 Å². The highest BCUT2D eigenvalue weighted by Crippen LogP contribution is 2.33. The lowest BCUT2D eigenvalue weighted by Crippen LogP contribution is -2.42. The molecule has 0 aliphatic carbocycles. The molecule has 136 valence electrons. The second-order valence-electron chi connectivity index (χ2n) is 7.90. The van der Waals surface area contributed by atoms with Crippen molar-refractivity contribution < 1.29 is 4.79 Å². The third-order valence-corrected chi connectivity index (χ3v) is 5.51. The monoisotopic (exact) mass is 351 g/mol. The number of amides is 1. The quantitative estimate of drug-likeness (QED) is 0.924. The van der Waals surface area contributed by atoms with Crippen LogP contribution in [0.4, 0.5) is 0 Å². The molecule has 0 radical (unpaired) electrons. The molecule has 1 aromatic heterocycles. The Morgan fingerprint density at radius 1 is 1.19 bits per heavy atom. The molecule has 2 aromatic rings. The van der Waals surface area contributed by atoms with E-state index in [0.717, 1.165) is 29.7 Å². The Kier molecular flexibility index (Phi) is 4.39. The van der Waals surface area contributed by atoms with Crippen LogP contribution in [0.3, 0.4) is 0 Å². The average molecular weight is 351 g/mol. The highest BCUT2D eigenvalue weighted by atomic mass is 16.2. The number of carbonyl (C=O) groups excluding carboxylic acids is 1. The van der Waals surface area contributed by atoms with E-state index >= 15 is 0 Å². The van der Waals surface area contributed by atoms with Crippen LogP contribution in [0, 0.1) is 5.92 Å². The lowest BCUT2D eigenvalue weighted by Gasteiger charge is -2.28. The maximum absolute atomic E-state index is 12.8. The highest BCUT2D eigenvalue weighted by Gasteiger charge is 2.40. The predicted octanol–water partition coefficient (Wildman–Crippen LogP) is 2.94. The summed E-state index contributed by atoms with van der Waals surface area (Å²) < 4.78 is 0. The summed E-state index contributed by atoms with van der Waals surface area (Å²) in [4.78, 5) is 35.3. The molecule has 2 aliphatic rings. The van der Waals surface area contributed by atoms with Crippen LogP contribution in [0.2, 0.25) is 0 Å². The molecule has 3 heterocycles. The van der Waals surface area contributed by atoms with Gasteiger partial charge < -0.3 is 9.88 Å². The molecule has 1 amide bonds. The van der Waals surface area contributed by atoms with E-state index in [-0.39, 0.29) is 23.6 Å². The summed E-state index contributed by atoms with van der Waals surface area (Å²) in [5, 5.41) is 0. The van der Waals surface area contributed by atoms with Gasteiger partial charge in [-0.25, -0.2) is 4.98 Å². The van der Waals surface area contributed by atoms with E-state index in [9.17, 15) is 9.59 Å². The van der Waals surface area contributed by atoms with Crippen molar-refractivity contribution in [3.05, 3.63) is 51.9 Å². The van der Waals surface area contributed by atoms with Crippen molar-refractivity contribution in [1.29, 1.82) is 0 Å². The number of aromatic nitrogens is 2. The van der Waals surface area contributed by atoms with Crippen LogP contribution in [0.1, 0.15) is 44.4 Å². The van der Waals surface area contributed by atoms with Gasteiger partial charge in [-0.1, -0.05) is 44.2 Å². The molecule has 2 bridgehead atoms. The number of rotatable bonds is 3. The molecule has 5 nitrogen and oxygen atoms in total. The number of carbonyl (C=O) groups is 1. The van der Waals surface area contributed by atoms with Gasteiger partial charge in [0.25, 0.3) is 5.56 Å². The van der Waals surface area contributed by atoms with Gasteiger partial charge in [-0.15, -0.1) is 0 Å². The number of hydrogen-bond acceptors (Lipinski definition) is 3. The molecule has 1 aromatic carbocycles. The maximum Gasteiger partial charge on any atom is 0.254 e. The lowest BCUT2D eigenvalue weighted by molar-refractivity contribution is -0.134. The molecule has 4 rings (SSSR count). The average Bonchev–Trinajstić information content (AvgIpc) is 2.90. The molecular formula is C21H25N3O2. The predicted molar refractivity (Wildman–Crippen MR) is 101 cm³/mol. The Morgan fingerprint density at radius 2 is 1.88 bits per heavy atom. The van der Waals surface area contributed by atoms with Crippen molar-refractivity contribution in [2.45, 2.75) is 58.0 Å². The van der Waals surface area contributed by atoms with Gasteiger partial charge in [0.05, 0.1) is 5.69 Å². The second kappa shape index (κ2) is 6.71. The number of hydrogen-bond donors (Lipinski definition) is 1. The first-order valence-electron chi connectivity index (χ1n) is 9.51. The fraction of sp³-hybridized carbons (Fsp3) is 0.476. The molecule has 0 spiro atoms. The number of nitrogens with one attached hydrogen (secondary N) is 1. The minimum Gasteiger partial charge on any atom is -0.336 e. The van der Waals surface area contributed by atoms with Crippen LogP contribution < -0.4 is 5.56 Å². The first-order valence-corrected chi connectivity index (χ1v) is 9.51. The summed E-state index contributed by atoms with van der Waals surface area (Å²) in [6.07, 6.45) is 3.85. The molecule has 1 N–H and O–H groups in total. The number of fused-ring (bicyclic) bond motifs is 3. The summed E-state index contributed by atoms with van der Waals surface area (Å²) >= 11 is 0. The first-order chi connectivity index (χ1) is 12.5. The minimum absolute atomic E-state index is 0.0577. The van der Waals surface area contributed by atoms with Gasteiger partial charge in [-0.05, 0) is 18.8 Å². The van der Waals surface area contributed by atoms with Gasteiger partial charge in [0.2, 0.25) is 5.91 Å². The zero-order valence-electron chi connectivity index (χ0n) is 15.4. The molecule has 1 saturated heterocycles. The van der Waals surface area contributed by atoms with Crippen molar-refractivity contribution in [2.24, 2.45) is 5.92 Å². The third-order valence-electron chi connectivity index (χ3n) is 5.51. The zero-order chi connectivity index (χ0) is 18.3. The zero-order valence-corrected chi connectivity index (χ0v) is 15.4. The van der Waals surface area contributed by atoms with E-state index in [4.69, 9.17) is 4.98 Å².